The van der Waals surface area contributed by atoms with E-state index < -0.39 is 6.09 Å². The highest BCUT2D eigenvalue weighted by atomic mass is 19.1. The number of nitrogens with one attached hydrogen (secondary N) is 1. The summed E-state index contributed by atoms with van der Waals surface area (Å²) in [6, 6.07) is 12.3. The normalized spacial score (nSPS) is 18.5. The third kappa shape index (κ3) is 3.32. The number of carbonyl (C=O) groups is 1. The van der Waals surface area contributed by atoms with Gasteiger partial charge in [-0.25, -0.2) is 9.18 Å². The Morgan fingerprint density at radius 1 is 1.21 bits per heavy atom. The zero-order valence-corrected chi connectivity index (χ0v) is 13.7. The quantitative estimate of drug-likeness (QED) is 0.790. The number of benzene rings is 2. The van der Waals surface area contributed by atoms with Crippen LogP contribution in [0.2, 0.25) is 0 Å². The molecule has 0 radical (unpaired) electrons. The summed E-state index contributed by atoms with van der Waals surface area (Å²) in [4.78, 5) is 11.1. The van der Waals surface area contributed by atoms with Crippen molar-refractivity contribution in [3.8, 4) is 0 Å². The van der Waals surface area contributed by atoms with Crippen LogP contribution in [0, 0.1) is 11.2 Å². The van der Waals surface area contributed by atoms with Crippen LogP contribution in [0.1, 0.15) is 42.1 Å². The van der Waals surface area contributed by atoms with Crippen molar-refractivity contribution in [2.45, 2.75) is 26.3 Å². The Morgan fingerprint density at radius 3 is 2.58 bits per heavy atom. The van der Waals surface area contributed by atoms with Gasteiger partial charge in [0.05, 0.1) is 6.04 Å². The maximum atomic E-state index is 13.2. The van der Waals surface area contributed by atoms with Crippen molar-refractivity contribution in [2.24, 2.45) is 5.41 Å². The van der Waals surface area contributed by atoms with Gasteiger partial charge in [0.15, 0.2) is 0 Å². The minimum absolute atomic E-state index is 0.161. The van der Waals surface area contributed by atoms with Gasteiger partial charge in [-0.2, -0.15) is 0 Å². The molecule has 2 aromatic rings. The van der Waals surface area contributed by atoms with Crippen molar-refractivity contribution in [1.29, 1.82) is 0 Å². The first-order valence-electron chi connectivity index (χ1n) is 7.91. The first kappa shape index (κ1) is 16.2. The molecule has 2 N–H and O–H groups in total. The van der Waals surface area contributed by atoms with Crippen molar-refractivity contribution in [3.05, 3.63) is 70.5 Å². The number of halogens is 1. The van der Waals surface area contributed by atoms with Gasteiger partial charge in [-0.15, -0.1) is 0 Å². The highest BCUT2D eigenvalue weighted by molar-refractivity contribution is 5.71. The van der Waals surface area contributed by atoms with E-state index in [2.05, 4.69) is 25.2 Å². The van der Waals surface area contributed by atoms with Crippen molar-refractivity contribution in [3.63, 3.8) is 0 Å². The molecule has 1 amide bonds. The zero-order valence-electron chi connectivity index (χ0n) is 13.7. The number of carboxylic acid groups (broad SMARTS) is 1. The molecule has 3 rings (SSSR count). The molecular weight excluding hydrogens is 305 g/mol. The van der Waals surface area contributed by atoms with Crippen LogP contribution in [0.15, 0.2) is 42.5 Å². The number of hydrogen-bond donors (Lipinski definition) is 2. The fraction of sp³-hybridized carbons (Fsp3) is 0.250. The fourth-order valence-corrected chi connectivity index (χ4v) is 3.38. The van der Waals surface area contributed by atoms with Gasteiger partial charge in [-0.3, -0.25) is 0 Å². The highest BCUT2D eigenvalue weighted by Gasteiger charge is 2.39. The van der Waals surface area contributed by atoms with Crippen LogP contribution in [-0.2, 0) is 6.42 Å². The van der Waals surface area contributed by atoms with Crippen LogP contribution in [0.4, 0.5) is 9.18 Å². The molecule has 4 heteroatoms. The SMILES string of the molecule is CC1(C)Cc2cc(/C=C/c3cccc(F)c3)ccc2C1NC(=O)O. The number of rotatable bonds is 3. The minimum atomic E-state index is -1.00. The standard InChI is InChI=1S/C20H20FNO2/c1-20(2)12-15-10-14(7-6-13-4-3-5-16(21)11-13)8-9-17(15)18(20)22-19(23)24/h3-11,18,22H,12H2,1-2H3,(H,23,24)/b7-6+. The van der Waals surface area contributed by atoms with Crippen molar-refractivity contribution in [2.75, 3.05) is 0 Å². The van der Waals surface area contributed by atoms with Crippen molar-refractivity contribution >= 4 is 18.2 Å². The molecule has 0 aliphatic heterocycles. The fourth-order valence-electron chi connectivity index (χ4n) is 3.38. The van der Waals surface area contributed by atoms with E-state index in [9.17, 15) is 9.18 Å². The number of fused-ring (bicyclic) bond motifs is 1. The summed E-state index contributed by atoms with van der Waals surface area (Å²) in [7, 11) is 0. The van der Waals surface area contributed by atoms with E-state index in [4.69, 9.17) is 5.11 Å². The van der Waals surface area contributed by atoms with E-state index in [0.29, 0.717) is 0 Å². The second kappa shape index (κ2) is 6.11. The monoisotopic (exact) mass is 325 g/mol. The van der Waals surface area contributed by atoms with Crippen LogP contribution in [-0.4, -0.2) is 11.2 Å². The summed E-state index contributed by atoms with van der Waals surface area (Å²) in [5.74, 6) is -0.254. The third-order valence-electron chi connectivity index (χ3n) is 4.49. The molecule has 2 aromatic carbocycles. The van der Waals surface area contributed by atoms with E-state index in [-0.39, 0.29) is 17.3 Å². The van der Waals surface area contributed by atoms with Crippen LogP contribution < -0.4 is 5.32 Å². The van der Waals surface area contributed by atoms with Gasteiger partial charge in [0, 0.05) is 0 Å². The van der Waals surface area contributed by atoms with Crippen molar-refractivity contribution < 1.29 is 14.3 Å². The Balaban J connectivity index is 1.86. The Morgan fingerprint density at radius 2 is 1.92 bits per heavy atom. The largest absolute Gasteiger partial charge is 0.465 e. The van der Waals surface area contributed by atoms with Gasteiger partial charge >= 0.3 is 6.09 Å². The molecule has 0 saturated carbocycles. The average Bonchev–Trinajstić information content (AvgIpc) is 2.75. The third-order valence-corrected chi connectivity index (χ3v) is 4.49. The van der Waals surface area contributed by atoms with Gasteiger partial charge < -0.3 is 10.4 Å². The molecular formula is C20H20FNO2. The molecule has 1 unspecified atom stereocenters. The number of amides is 1. The number of hydrogen-bond acceptors (Lipinski definition) is 1. The molecule has 24 heavy (non-hydrogen) atoms. The van der Waals surface area contributed by atoms with Crippen LogP contribution in [0.25, 0.3) is 12.2 Å². The van der Waals surface area contributed by atoms with Crippen LogP contribution in [0.5, 0.6) is 0 Å². The molecule has 124 valence electrons. The summed E-state index contributed by atoms with van der Waals surface area (Å²) in [6.07, 6.45) is 3.63. The van der Waals surface area contributed by atoms with Gasteiger partial charge in [0.25, 0.3) is 0 Å². The second-order valence-corrected chi connectivity index (χ2v) is 6.89. The lowest BCUT2D eigenvalue weighted by Gasteiger charge is -2.27. The zero-order chi connectivity index (χ0) is 17.3. The predicted octanol–water partition coefficient (Wildman–Crippen LogP) is 4.89. The van der Waals surface area contributed by atoms with Gasteiger partial charge in [0.2, 0.25) is 0 Å². The van der Waals surface area contributed by atoms with E-state index in [1.54, 1.807) is 6.07 Å². The molecule has 0 fully saturated rings. The van der Waals surface area contributed by atoms with E-state index in [0.717, 1.165) is 28.7 Å². The molecule has 0 heterocycles. The molecule has 3 nitrogen and oxygen atoms in total. The topological polar surface area (TPSA) is 49.3 Å². The van der Waals surface area contributed by atoms with Crippen molar-refractivity contribution in [1.82, 2.24) is 5.32 Å². The lowest BCUT2D eigenvalue weighted by Crippen LogP contribution is -2.34. The molecule has 0 spiro atoms. The molecule has 0 saturated heterocycles. The van der Waals surface area contributed by atoms with Gasteiger partial charge in [0.1, 0.15) is 5.82 Å². The van der Waals surface area contributed by atoms with E-state index >= 15 is 0 Å². The minimum Gasteiger partial charge on any atom is -0.465 e. The van der Waals surface area contributed by atoms with E-state index in [1.807, 2.05) is 30.4 Å². The van der Waals surface area contributed by atoms with E-state index in [1.165, 1.54) is 12.1 Å². The Hall–Kier alpha value is -2.62. The summed E-state index contributed by atoms with van der Waals surface area (Å²) in [5, 5.41) is 11.7. The molecule has 1 aliphatic carbocycles. The first-order chi connectivity index (χ1) is 11.3. The van der Waals surface area contributed by atoms with Crippen LogP contribution in [0.3, 0.4) is 0 Å². The summed E-state index contributed by atoms with van der Waals surface area (Å²) < 4.78 is 13.2. The maximum absolute atomic E-state index is 13.2. The molecule has 1 atom stereocenters. The van der Waals surface area contributed by atoms with Gasteiger partial charge in [-0.05, 0) is 46.2 Å². The highest BCUT2D eigenvalue weighted by Crippen LogP contribution is 2.45. The molecule has 0 aromatic heterocycles. The van der Waals surface area contributed by atoms with Gasteiger partial charge in [-0.1, -0.05) is 56.3 Å². The Labute approximate surface area is 140 Å². The summed E-state index contributed by atoms with van der Waals surface area (Å²) in [6.45, 7) is 4.13. The average molecular weight is 325 g/mol. The lowest BCUT2D eigenvalue weighted by molar-refractivity contribution is 0.175. The van der Waals surface area contributed by atoms with Crippen LogP contribution >= 0.6 is 0 Å². The maximum Gasteiger partial charge on any atom is 0.405 e. The Bertz CT molecular complexity index is 811. The molecule has 1 aliphatic rings. The molecule has 0 bridgehead atoms. The first-order valence-corrected chi connectivity index (χ1v) is 7.91. The summed E-state index contributed by atoms with van der Waals surface area (Å²) >= 11 is 0. The second-order valence-electron chi connectivity index (χ2n) is 6.89. The predicted molar refractivity (Wildman–Crippen MR) is 93.2 cm³/mol. The summed E-state index contributed by atoms with van der Waals surface area (Å²) in [5.41, 5.74) is 3.85. The Kier molecular flexibility index (Phi) is 4.14. The smallest absolute Gasteiger partial charge is 0.405 e. The lowest BCUT2D eigenvalue weighted by atomic mass is 9.85.